The molecule has 11 heteroatoms. The topological polar surface area (TPSA) is 142 Å². The van der Waals surface area contributed by atoms with Crippen LogP contribution < -0.4 is 10.6 Å². The van der Waals surface area contributed by atoms with E-state index in [0.717, 1.165) is 19.2 Å². The van der Waals surface area contributed by atoms with E-state index in [9.17, 15) is 18.0 Å². The van der Waals surface area contributed by atoms with Crippen LogP contribution in [0.25, 0.3) is 0 Å². The van der Waals surface area contributed by atoms with Gasteiger partial charge in [-0.1, -0.05) is 0 Å². The van der Waals surface area contributed by atoms with Crippen molar-refractivity contribution in [2.45, 2.75) is 24.2 Å². The third kappa shape index (κ3) is 5.44. The highest BCUT2D eigenvalue weighted by Gasteiger charge is 2.20. The van der Waals surface area contributed by atoms with Crippen molar-refractivity contribution in [2.24, 2.45) is 0 Å². The van der Waals surface area contributed by atoms with Crippen LogP contribution in [0.3, 0.4) is 0 Å². The van der Waals surface area contributed by atoms with Crippen LogP contribution in [-0.2, 0) is 14.6 Å². The molecule has 0 radical (unpaired) electrons. The zero-order valence-electron chi connectivity index (χ0n) is 16.5. The monoisotopic (exact) mass is 433 g/mol. The fourth-order valence-corrected chi connectivity index (χ4v) is 3.78. The maximum atomic E-state index is 12.1. The van der Waals surface area contributed by atoms with Gasteiger partial charge >= 0.3 is 5.97 Å². The van der Waals surface area contributed by atoms with E-state index >= 15 is 0 Å². The van der Waals surface area contributed by atoms with Crippen molar-refractivity contribution >= 4 is 39.2 Å². The number of carbonyl (C=O) groups excluding carboxylic acids is 1. The van der Waals surface area contributed by atoms with Crippen molar-refractivity contribution in [1.82, 2.24) is 14.9 Å². The minimum atomic E-state index is -3.54. The van der Waals surface area contributed by atoms with Crippen LogP contribution in [0.2, 0.25) is 0 Å². The lowest BCUT2D eigenvalue weighted by atomic mass is 10.2. The average Bonchev–Trinajstić information content (AvgIpc) is 3.10. The summed E-state index contributed by atoms with van der Waals surface area (Å²) in [5.74, 6) is -0.542. The molecule has 2 heterocycles. The molecule has 1 amide bonds. The van der Waals surface area contributed by atoms with Crippen molar-refractivity contribution in [3.8, 4) is 0 Å². The number of nitrogens with one attached hydrogen (secondary N) is 2. The second-order valence-electron chi connectivity index (χ2n) is 6.95. The van der Waals surface area contributed by atoms with Crippen LogP contribution in [0.1, 0.15) is 29.6 Å². The lowest BCUT2D eigenvalue weighted by Gasteiger charge is -2.16. The average molecular weight is 433 g/mol. The Morgan fingerprint density at radius 2 is 2.00 bits per heavy atom. The number of likely N-dealkylation sites (tertiary alicyclic amines) is 1. The SMILES string of the molecule is CS(=O)(=O)c1cnc(Nc2ccc(C(=O)O)cc2)nc1NCCCN1CCCC1=O. The molecule has 1 aromatic carbocycles. The molecule has 0 saturated carbocycles. The van der Waals surface area contributed by atoms with Gasteiger partial charge in [0.25, 0.3) is 0 Å². The third-order valence-electron chi connectivity index (χ3n) is 4.61. The van der Waals surface area contributed by atoms with Crippen molar-refractivity contribution in [2.75, 3.05) is 36.5 Å². The number of hydrogen-bond acceptors (Lipinski definition) is 8. The van der Waals surface area contributed by atoms with Crippen LogP contribution in [0.5, 0.6) is 0 Å². The molecule has 0 spiro atoms. The van der Waals surface area contributed by atoms with Gasteiger partial charge in [-0.05, 0) is 37.1 Å². The summed E-state index contributed by atoms with van der Waals surface area (Å²) in [5.41, 5.74) is 0.707. The lowest BCUT2D eigenvalue weighted by molar-refractivity contribution is -0.127. The highest BCUT2D eigenvalue weighted by atomic mass is 32.2. The van der Waals surface area contributed by atoms with Gasteiger partial charge in [0.15, 0.2) is 15.7 Å². The van der Waals surface area contributed by atoms with Gasteiger partial charge in [0, 0.05) is 38.0 Å². The Labute approximate surface area is 174 Å². The third-order valence-corrected chi connectivity index (χ3v) is 5.71. The zero-order chi connectivity index (χ0) is 21.7. The summed E-state index contributed by atoms with van der Waals surface area (Å²) in [6, 6.07) is 6.01. The summed E-state index contributed by atoms with van der Waals surface area (Å²) in [6.07, 6.45) is 4.41. The smallest absolute Gasteiger partial charge is 0.335 e. The highest BCUT2D eigenvalue weighted by molar-refractivity contribution is 7.90. The fourth-order valence-electron chi connectivity index (χ4n) is 3.07. The van der Waals surface area contributed by atoms with Gasteiger partial charge in [0.2, 0.25) is 11.9 Å². The first-order valence-corrected chi connectivity index (χ1v) is 11.3. The second-order valence-corrected chi connectivity index (χ2v) is 8.93. The van der Waals surface area contributed by atoms with Gasteiger partial charge in [-0.2, -0.15) is 4.98 Å². The van der Waals surface area contributed by atoms with Crippen molar-refractivity contribution in [1.29, 1.82) is 0 Å². The number of carboxylic acid groups (broad SMARTS) is 1. The first-order chi connectivity index (χ1) is 14.2. The van der Waals surface area contributed by atoms with E-state index in [2.05, 4.69) is 20.6 Å². The Kier molecular flexibility index (Phi) is 6.50. The highest BCUT2D eigenvalue weighted by Crippen LogP contribution is 2.22. The van der Waals surface area contributed by atoms with Crippen LogP contribution in [0, 0.1) is 0 Å². The molecule has 2 aromatic rings. The maximum Gasteiger partial charge on any atom is 0.335 e. The molecule has 1 aliphatic rings. The number of hydrogen-bond donors (Lipinski definition) is 3. The fraction of sp³-hybridized carbons (Fsp3) is 0.368. The van der Waals surface area contributed by atoms with Crippen LogP contribution in [0.4, 0.5) is 17.5 Å². The Morgan fingerprint density at radius 3 is 2.60 bits per heavy atom. The Hall–Kier alpha value is -3.21. The second kappa shape index (κ2) is 9.08. The molecule has 0 aliphatic carbocycles. The van der Waals surface area contributed by atoms with E-state index in [1.165, 1.54) is 18.3 Å². The molecular formula is C19H23N5O5S. The molecule has 160 valence electrons. The lowest BCUT2D eigenvalue weighted by Crippen LogP contribution is -2.27. The number of carbonyl (C=O) groups is 2. The summed E-state index contributed by atoms with van der Waals surface area (Å²) in [4.78, 5) is 32.7. The Morgan fingerprint density at radius 1 is 1.27 bits per heavy atom. The first-order valence-electron chi connectivity index (χ1n) is 9.43. The minimum absolute atomic E-state index is 0.0217. The molecule has 1 saturated heterocycles. The number of aromatic nitrogens is 2. The largest absolute Gasteiger partial charge is 0.478 e. The molecular weight excluding hydrogens is 410 g/mol. The first kappa shape index (κ1) is 21.5. The van der Waals surface area contributed by atoms with E-state index < -0.39 is 15.8 Å². The molecule has 30 heavy (non-hydrogen) atoms. The number of rotatable bonds is 9. The summed E-state index contributed by atoms with van der Waals surface area (Å²) in [6.45, 7) is 1.80. The van der Waals surface area contributed by atoms with Crippen molar-refractivity contribution < 1.29 is 23.1 Å². The zero-order valence-corrected chi connectivity index (χ0v) is 17.3. The molecule has 1 aromatic heterocycles. The number of benzene rings is 1. The van der Waals surface area contributed by atoms with Gasteiger partial charge in [-0.15, -0.1) is 0 Å². The molecule has 0 atom stereocenters. The van der Waals surface area contributed by atoms with Gasteiger partial charge in [0.1, 0.15) is 4.90 Å². The summed E-state index contributed by atoms with van der Waals surface area (Å²) in [7, 11) is -3.54. The van der Waals surface area contributed by atoms with Crippen LogP contribution in [-0.4, -0.2) is 66.2 Å². The summed E-state index contributed by atoms with van der Waals surface area (Å²) < 4.78 is 24.1. The minimum Gasteiger partial charge on any atom is -0.478 e. The number of sulfone groups is 1. The molecule has 1 fully saturated rings. The number of aromatic carboxylic acids is 1. The molecule has 3 N–H and O–H groups in total. The van der Waals surface area contributed by atoms with E-state index in [-0.39, 0.29) is 28.1 Å². The maximum absolute atomic E-state index is 12.1. The van der Waals surface area contributed by atoms with Gasteiger partial charge in [-0.25, -0.2) is 18.2 Å². The predicted molar refractivity (Wildman–Crippen MR) is 111 cm³/mol. The van der Waals surface area contributed by atoms with Gasteiger partial charge < -0.3 is 20.6 Å². The number of nitrogens with zero attached hydrogens (tertiary/aromatic N) is 3. The normalized spacial score (nSPS) is 14.0. The molecule has 0 unspecified atom stereocenters. The molecule has 0 bridgehead atoms. The number of amides is 1. The summed E-state index contributed by atoms with van der Waals surface area (Å²) >= 11 is 0. The van der Waals surface area contributed by atoms with Crippen LogP contribution >= 0.6 is 0 Å². The van der Waals surface area contributed by atoms with E-state index in [4.69, 9.17) is 5.11 Å². The van der Waals surface area contributed by atoms with Crippen molar-refractivity contribution in [3.63, 3.8) is 0 Å². The Bertz CT molecular complexity index is 1040. The summed E-state index contributed by atoms with van der Waals surface area (Å²) in [5, 5.41) is 14.9. The van der Waals surface area contributed by atoms with E-state index in [1.54, 1.807) is 17.0 Å². The molecule has 1 aliphatic heterocycles. The molecule has 3 rings (SSSR count). The van der Waals surface area contributed by atoms with E-state index in [1.807, 2.05) is 0 Å². The quantitative estimate of drug-likeness (QED) is 0.504. The standard InChI is InChI=1S/C19H23N5O5S/c1-30(28,29)15-12-21-19(22-14-7-5-13(6-8-14)18(26)27)23-17(15)20-9-3-11-24-10-2-4-16(24)25/h5-8,12H,2-4,9-11H2,1H3,(H,26,27)(H2,20,21,22,23). The van der Waals surface area contributed by atoms with Gasteiger partial charge in [-0.3, -0.25) is 4.79 Å². The predicted octanol–water partition coefficient (Wildman–Crippen LogP) is 1.75. The van der Waals surface area contributed by atoms with Crippen LogP contribution in [0.15, 0.2) is 35.4 Å². The number of carboxylic acids is 1. The molecule has 10 nitrogen and oxygen atoms in total. The Balaban J connectivity index is 1.69. The van der Waals surface area contributed by atoms with Crippen molar-refractivity contribution in [3.05, 3.63) is 36.0 Å². The van der Waals surface area contributed by atoms with E-state index in [0.29, 0.717) is 31.6 Å². The number of anilines is 3. The van der Waals surface area contributed by atoms with Gasteiger partial charge in [0.05, 0.1) is 11.8 Å².